The lowest BCUT2D eigenvalue weighted by molar-refractivity contribution is -0.139. The van der Waals surface area contributed by atoms with Crippen molar-refractivity contribution in [3.8, 4) is 0 Å². The zero-order valence-corrected chi connectivity index (χ0v) is 18.7. The van der Waals surface area contributed by atoms with Crippen molar-refractivity contribution in [2.75, 3.05) is 0 Å². The second-order valence-electron chi connectivity index (χ2n) is 7.46. The van der Waals surface area contributed by atoms with E-state index in [1.165, 1.54) is 0 Å². The van der Waals surface area contributed by atoms with Crippen LogP contribution in [0, 0.1) is 5.92 Å². The molecule has 0 aromatic rings. The summed E-state index contributed by atoms with van der Waals surface area (Å²) in [6.45, 7) is 19.5. The molecule has 0 amide bonds. The maximum atomic E-state index is 12.7. The summed E-state index contributed by atoms with van der Waals surface area (Å²) in [5.74, 6) is -0.0864. The highest BCUT2D eigenvalue weighted by Crippen LogP contribution is 2.46. The van der Waals surface area contributed by atoms with Gasteiger partial charge in [0.25, 0.3) is 14.3 Å². The van der Waals surface area contributed by atoms with E-state index in [-0.39, 0.29) is 18.0 Å². The zero-order valence-electron chi connectivity index (χ0n) is 16.7. The molecule has 2 radical (unpaired) electrons. The zero-order chi connectivity index (χ0) is 18.2. The molecule has 3 unspecified atom stereocenters. The Balaban J connectivity index is 5.10. The van der Waals surface area contributed by atoms with E-state index in [0.717, 1.165) is 18.9 Å². The molecule has 0 saturated carbocycles. The Hall–Kier alpha value is -0.136. The van der Waals surface area contributed by atoms with E-state index in [1.54, 1.807) is 0 Å². The van der Waals surface area contributed by atoms with Gasteiger partial charge in [0.15, 0.2) is 0 Å². The van der Waals surface area contributed by atoms with Gasteiger partial charge in [0.05, 0.1) is 5.92 Å². The van der Waals surface area contributed by atoms with Crippen molar-refractivity contribution in [3.05, 3.63) is 0 Å². The lowest BCUT2D eigenvalue weighted by Gasteiger charge is -2.44. The van der Waals surface area contributed by atoms with E-state index in [9.17, 15) is 4.79 Å². The van der Waals surface area contributed by atoms with Gasteiger partial charge in [-0.1, -0.05) is 61.3 Å². The van der Waals surface area contributed by atoms with Gasteiger partial charge >= 0.3 is 0 Å². The molecule has 0 rings (SSSR count). The topological polar surface area (TPSA) is 35.5 Å². The smallest absolute Gasteiger partial charge is 0.295 e. The fourth-order valence-corrected chi connectivity index (χ4v) is 9.84. The number of carbonyl (C=O) groups is 1. The Bertz CT molecular complexity index is 335. The molecule has 0 spiro atoms. The average molecular weight is 359 g/mol. The molecule has 0 fully saturated rings. The molecule has 3 nitrogen and oxygen atoms in total. The van der Waals surface area contributed by atoms with Crippen molar-refractivity contribution in [1.82, 2.24) is 0 Å². The third-order valence-corrected chi connectivity index (χ3v) is 12.7. The molecule has 3 atom stereocenters. The third-order valence-electron chi connectivity index (χ3n) is 5.06. The van der Waals surface area contributed by atoms with Gasteiger partial charge in [-0.3, -0.25) is 4.79 Å². The van der Waals surface area contributed by atoms with Gasteiger partial charge < -0.3 is 8.85 Å². The van der Waals surface area contributed by atoms with Gasteiger partial charge in [0.1, 0.15) is 0 Å². The second kappa shape index (κ2) is 10.7. The highest BCUT2D eigenvalue weighted by atomic mass is 28.4. The number of hydrogen-bond donors (Lipinski definition) is 0. The Morgan fingerprint density at radius 2 is 1.43 bits per heavy atom. The van der Waals surface area contributed by atoms with Crippen LogP contribution in [0.1, 0.15) is 75.2 Å². The van der Waals surface area contributed by atoms with Crippen LogP contribution in [0.15, 0.2) is 0 Å². The molecule has 23 heavy (non-hydrogen) atoms. The van der Waals surface area contributed by atoms with Crippen LogP contribution in [0.5, 0.6) is 0 Å². The van der Waals surface area contributed by atoms with Gasteiger partial charge in [-0.05, 0) is 36.5 Å². The van der Waals surface area contributed by atoms with Crippen molar-refractivity contribution in [3.63, 3.8) is 0 Å². The van der Waals surface area contributed by atoms with Crippen LogP contribution in [0.2, 0.25) is 22.7 Å². The first-order chi connectivity index (χ1) is 10.6. The summed E-state index contributed by atoms with van der Waals surface area (Å²) in [5, 5.41) is 0. The first-order valence-electron chi connectivity index (χ1n) is 9.24. The normalized spacial score (nSPS) is 18.6. The summed E-state index contributed by atoms with van der Waals surface area (Å²) in [4.78, 5) is 12.7. The van der Waals surface area contributed by atoms with Crippen LogP contribution < -0.4 is 0 Å². The molecule has 0 aliphatic carbocycles. The van der Waals surface area contributed by atoms with Crippen LogP contribution in [-0.2, 0) is 13.6 Å². The molecule has 0 bridgehead atoms. The molecule has 5 heteroatoms. The first-order valence-corrected chi connectivity index (χ1v) is 12.5. The van der Waals surface area contributed by atoms with Crippen LogP contribution >= 0.6 is 0 Å². The Kier molecular flexibility index (Phi) is 10.6. The van der Waals surface area contributed by atoms with Crippen LogP contribution in [0.25, 0.3) is 0 Å². The lowest BCUT2D eigenvalue weighted by Crippen LogP contribution is -2.51. The molecule has 0 saturated heterocycles. The largest absolute Gasteiger partial charge is 0.518 e. The third kappa shape index (κ3) is 6.35. The Labute approximate surface area is 148 Å². The second-order valence-corrected chi connectivity index (χ2v) is 13.4. The average Bonchev–Trinajstić information content (AvgIpc) is 2.49. The lowest BCUT2D eigenvalue weighted by atomic mass is 10.2. The van der Waals surface area contributed by atoms with E-state index >= 15 is 0 Å². The fourth-order valence-electron chi connectivity index (χ4n) is 3.28. The molecule has 0 N–H and O–H groups in total. The van der Waals surface area contributed by atoms with Crippen molar-refractivity contribution in [2.45, 2.75) is 104 Å². The predicted octanol–water partition coefficient (Wildman–Crippen LogP) is 5.58. The minimum Gasteiger partial charge on any atom is -0.518 e. The van der Waals surface area contributed by atoms with Crippen LogP contribution in [-0.4, -0.2) is 30.2 Å². The fraction of sp³-hybridized carbons (Fsp3) is 0.944. The van der Waals surface area contributed by atoms with Crippen molar-refractivity contribution in [1.29, 1.82) is 0 Å². The van der Waals surface area contributed by atoms with Crippen molar-refractivity contribution < 1.29 is 13.6 Å². The summed E-state index contributed by atoms with van der Waals surface area (Å²) >= 11 is 0. The van der Waals surface area contributed by atoms with Crippen molar-refractivity contribution >= 4 is 24.0 Å². The molecule has 0 aliphatic rings. The van der Waals surface area contributed by atoms with E-state index in [1.807, 2.05) is 20.8 Å². The summed E-state index contributed by atoms with van der Waals surface area (Å²) in [6, 6.07) is 0.764. The summed E-state index contributed by atoms with van der Waals surface area (Å²) in [6.07, 6.45) is 2.38. The predicted molar refractivity (Wildman–Crippen MR) is 102 cm³/mol. The van der Waals surface area contributed by atoms with Gasteiger partial charge in [-0.2, -0.15) is 0 Å². The maximum Gasteiger partial charge on any atom is 0.295 e. The van der Waals surface area contributed by atoms with Gasteiger partial charge in [-0.15, -0.1) is 0 Å². The first kappa shape index (κ1) is 22.9. The SMILES string of the molecule is CCC(C)[Si](OC(=O)C(C)C[Si]OC(C)C)(C(C)C)C(C)CC. The van der Waals surface area contributed by atoms with E-state index < -0.39 is 8.32 Å². The number of hydrogen-bond acceptors (Lipinski definition) is 3. The molecular weight excluding hydrogens is 320 g/mol. The van der Waals surface area contributed by atoms with E-state index in [0.29, 0.717) is 26.4 Å². The highest BCUT2D eigenvalue weighted by Gasteiger charge is 2.50. The standard InChI is InChI=1S/C18H38O3Si2/c1-10-16(8)23(14(5)6,17(9)11-2)21-18(19)15(7)12-22-20-13(3)4/h13-17H,10-12H2,1-9H3. The summed E-state index contributed by atoms with van der Waals surface area (Å²) in [7, 11) is -1.78. The minimum absolute atomic E-state index is 0.00850. The maximum absolute atomic E-state index is 12.7. The molecule has 0 aromatic heterocycles. The monoisotopic (exact) mass is 358 g/mol. The van der Waals surface area contributed by atoms with Crippen LogP contribution in [0.3, 0.4) is 0 Å². The number of rotatable bonds is 11. The molecule has 0 aliphatic heterocycles. The quantitative estimate of drug-likeness (QED) is 0.452. The van der Waals surface area contributed by atoms with Crippen LogP contribution in [0.4, 0.5) is 0 Å². The Morgan fingerprint density at radius 3 is 1.78 bits per heavy atom. The van der Waals surface area contributed by atoms with Gasteiger partial charge in [0.2, 0.25) is 9.76 Å². The summed E-state index contributed by atoms with van der Waals surface area (Å²) < 4.78 is 12.0. The Morgan fingerprint density at radius 1 is 0.957 bits per heavy atom. The van der Waals surface area contributed by atoms with E-state index in [4.69, 9.17) is 8.85 Å². The number of carbonyl (C=O) groups excluding carboxylic acids is 1. The van der Waals surface area contributed by atoms with Crippen molar-refractivity contribution in [2.24, 2.45) is 5.92 Å². The minimum atomic E-state index is -2.15. The summed E-state index contributed by atoms with van der Waals surface area (Å²) in [5.41, 5.74) is 1.42. The highest BCUT2D eigenvalue weighted by molar-refractivity contribution is 6.79. The molecule has 0 aromatic carbocycles. The molecular formula is C18H38O3Si2. The van der Waals surface area contributed by atoms with Gasteiger partial charge in [0, 0.05) is 6.10 Å². The molecule has 0 heterocycles. The molecule has 136 valence electrons. The van der Waals surface area contributed by atoms with E-state index in [2.05, 4.69) is 41.5 Å². The van der Waals surface area contributed by atoms with Gasteiger partial charge in [-0.25, -0.2) is 0 Å².